The third-order valence-electron chi connectivity index (χ3n) is 3.05. The molecule has 2 aromatic rings. The van der Waals surface area contributed by atoms with Gasteiger partial charge in [-0.3, -0.25) is 14.9 Å². The average molecular weight is 308 g/mol. The van der Waals surface area contributed by atoms with Gasteiger partial charge in [0.2, 0.25) is 0 Å². The predicted molar refractivity (Wildman–Crippen MR) is 73.7 cm³/mol. The van der Waals surface area contributed by atoms with Crippen molar-refractivity contribution in [1.29, 1.82) is 0 Å². The van der Waals surface area contributed by atoms with Gasteiger partial charge in [-0.2, -0.15) is 0 Å². The van der Waals surface area contributed by atoms with Gasteiger partial charge in [0.1, 0.15) is 22.7 Å². The molecular formula is C14H13FN2O5. The summed E-state index contributed by atoms with van der Waals surface area (Å²) in [7, 11) is 0. The molecule has 1 aromatic carbocycles. The molecule has 2 rings (SSSR count). The van der Waals surface area contributed by atoms with E-state index >= 15 is 0 Å². The van der Waals surface area contributed by atoms with Crippen molar-refractivity contribution in [2.75, 3.05) is 6.54 Å². The van der Waals surface area contributed by atoms with Crippen molar-refractivity contribution in [3.05, 3.63) is 63.9 Å². The summed E-state index contributed by atoms with van der Waals surface area (Å²) in [6.45, 7) is 1.19. The van der Waals surface area contributed by atoms with Crippen LogP contribution in [0.2, 0.25) is 0 Å². The zero-order chi connectivity index (χ0) is 16.3. The van der Waals surface area contributed by atoms with Gasteiger partial charge in [-0.15, -0.1) is 0 Å². The van der Waals surface area contributed by atoms with E-state index in [1.165, 1.54) is 19.3 Å². The van der Waals surface area contributed by atoms with Crippen LogP contribution in [0.5, 0.6) is 0 Å². The molecule has 1 amide bonds. The lowest BCUT2D eigenvalue weighted by Crippen LogP contribution is -2.38. The van der Waals surface area contributed by atoms with E-state index in [0.717, 1.165) is 12.1 Å². The standard InChI is InChI=1S/C14H13FN2O5/c1-14(19,12-3-2-6-22-12)8-16-13(18)10-5-4-9(15)7-11(10)17(20)21/h2-7,19H,8H2,1H3,(H,16,18). The molecule has 1 atom stereocenters. The lowest BCUT2D eigenvalue weighted by molar-refractivity contribution is -0.385. The Morgan fingerprint density at radius 1 is 1.50 bits per heavy atom. The Kier molecular flexibility index (Phi) is 4.22. The topological polar surface area (TPSA) is 106 Å². The maximum absolute atomic E-state index is 13.0. The summed E-state index contributed by atoms with van der Waals surface area (Å²) in [5.41, 5.74) is -2.41. The van der Waals surface area contributed by atoms with E-state index in [9.17, 15) is 24.4 Å². The first-order chi connectivity index (χ1) is 10.3. The molecule has 0 saturated carbocycles. The fraction of sp³-hybridized carbons (Fsp3) is 0.214. The lowest BCUT2D eigenvalue weighted by atomic mass is 10.0. The van der Waals surface area contributed by atoms with Crippen molar-refractivity contribution >= 4 is 11.6 Å². The third-order valence-corrected chi connectivity index (χ3v) is 3.05. The number of amides is 1. The van der Waals surface area contributed by atoms with Crippen molar-refractivity contribution in [2.45, 2.75) is 12.5 Å². The SMILES string of the molecule is CC(O)(CNC(=O)c1ccc(F)cc1[N+](=O)[O-])c1ccco1. The second-order valence-corrected chi connectivity index (χ2v) is 4.85. The number of nitro groups is 1. The molecule has 1 heterocycles. The Balaban J connectivity index is 2.15. The number of nitrogens with zero attached hydrogens (tertiary/aromatic N) is 1. The molecule has 2 N–H and O–H groups in total. The van der Waals surface area contributed by atoms with Crippen LogP contribution in [0.4, 0.5) is 10.1 Å². The van der Waals surface area contributed by atoms with Gasteiger partial charge < -0.3 is 14.8 Å². The van der Waals surface area contributed by atoms with Crippen LogP contribution >= 0.6 is 0 Å². The van der Waals surface area contributed by atoms with Crippen LogP contribution in [0.25, 0.3) is 0 Å². The first kappa shape index (κ1) is 15.6. The zero-order valence-corrected chi connectivity index (χ0v) is 11.6. The van der Waals surface area contributed by atoms with Gasteiger partial charge in [0.15, 0.2) is 0 Å². The Bertz CT molecular complexity index is 697. The Morgan fingerprint density at radius 3 is 2.82 bits per heavy atom. The number of benzene rings is 1. The maximum atomic E-state index is 13.0. The lowest BCUT2D eigenvalue weighted by Gasteiger charge is -2.21. The fourth-order valence-electron chi connectivity index (χ4n) is 1.87. The van der Waals surface area contributed by atoms with E-state index in [0.29, 0.717) is 6.07 Å². The molecule has 0 saturated heterocycles. The summed E-state index contributed by atoms with van der Waals surface area (Å²) in [5, 5.41) is 23.4. The molecule has 8 heteroatoms. The van der Waals surface area contributed by atoms with E-state index in [-0.39, 0.29) is 17.9 Å². The molecule has 116 valence electrons. The number of hydrogen-bond acceptors (Lipinski definition) is 5. The minimum atomic E-state index is -1.48. The van der Waals surface area contributed by atoms with E-state index < -0.39 is 27.9 Å². The number of halogens is 1. The second-order valence-electron chi connectivity index (χ2n) is 4.85. The number of furan rings is 1. The highest BCUT2D eigenvalue weighted by atomic mass is 19.1. The normalized spacial score (nSPS) is 13.4. The summed E-state index contributed by atoms with van der Waals surface area (Å²) >= 11 is 0. The zero-order valence-electron chi connectivity index (χ0n) is 11.6. The van der Waals surface area contributed by atoms with Crippen molar-refractivity contribution < 1.29 is 23.6 Å². The molecule has 0 aliphatic carbocycles. The van der Waals surface area contributed by atoms with Crippen LogP contribution in [0, 0.1) is 15.9 Å². The van der Waals surface area contributed by atoms with Gasteiger partial charge in [-0.05, 0) is 31.2 Å². The molecule has 0 spiro atoms. The number of hydrogen-bond donors (Lipinski definition) is 2. The van der Waals surface area contributed by atoms with Gasteiger partial charge >= 0.3 is 0 Å². The molecule has 0 aliphatic rings. The molecule has 0 bridgehead atoms. The monoisotopic (exact) mass is 308 g/mol. The van der Waals surface area contributed by atoms with Crippen LogP contribution in [0.15, 0.2) is 41.0 Å². The quantitative estimate of drug-likeness (QED) is 0.649. The van der Waals surface area contributed by atoms with Gasteiger partial charge in [0.25, 0.3) is 11.6 Å². The summed E-state index contributed by atoms with van der Waals surface area (Å²) in [6, 6.07) is 5.75. The fourth-order valence-corrected chi connectivity index (χ4v) is 1.87. The van der Waals surface area contributed by atoms with Crippen LogP contribution in [0.1, 0.15) is 23.0 Å². The molecular weight excluding hydrogens is 295 g/mol. The first-order valence-corrected chi connectivity index (χ1v) is 6.30. The first-order valence-electron chi connectivity index (χ1n) is 6.30. The largest absolute Gasteiger partial charge is 0.466 e. The molecule has 1 aromatic heterocycles. The van der Waals surface area contributed by atoms with Crippen LogP contribution in [-0.4, -0.2) is 22.5 Å². The van der Waals surface area contributed by atoms with Crippen LogP contribution in [0.3, 0.4) is 0 Å². The maximum Gasteiger partial charge on any atom is 0.285 e. The van der Waals surface area contributed by atoms with Gasteiger partial charge in [-0.25, -0.2) is 4.39 Å². The molecule has 7 nitrogen and oxygen atoms in total. The Labute approximate surface area is 124 Å². The smallest absolute Gasteiger partial charge is 0.285 e. The van der Waals surface area contributed by atoms with Crippen LogP contribution < -0.4 is 5.32 Å². The van der Waals surface area contributed by atoms with Crippen molar-refractivity contribution in [3.63, 3.8) is 0 Å². The van der Waals surface area contributed by atoms with E-state index in [1.54, 1.807) is 6.07 Å². The molecule has 22 heavy (non-hydrogen) atoms. The number of rotatable bonds is 5. The van der Waals surface area contributed by atoms with Gasteiger partial charge in [0.05, 0.1) is 23.8 Å². The summed E-state index contributed by atoms with van der Waals surface area (Å²) in [4.78, 5) is 22.0. The second kappa shape index (κ2) is 5.94. The molecule has 1 unspecified atom stereocenters. The van der Waals surface area contributed by atoms with Crippen LogP contribution in [-0.2, 0) is 5.60 Å². The molecule has 0 aliphatic heterocycles. The number of carbonyl (C=O) groups is 1. The molecule has 0 fully saturated rings. The molecule has 0 radical (unpaired) electrons. The van der Waals surface area contributed by atoms with Crippen molar-refractivity contribution in [2.24, 2.45) is 0 Å². The summed E-state index contributed by atoms with van der Waals surface area (Å²) < 4.78 is 18.1. The third kappa shape index (κ3) is 3.29. The van der Waals surface area contributed by atoms with E-state index in [2.05, 4.69) is 5.32 Å². The Morgan fingerprint density at radius 2 is 2.23 bits per heavy atom. The summed E-state index contributed by atoms with van der Waals surface area (Å²) in [5.74, 6) is -1.37. The predicted octanol–water partition coefficient (Wildman–Crippen LogP) is 1.96. The highest BCUT2D eigenvalue weighted by Crippen LogP contribution is 2.22. The number of carbonyl (C=O) groups excluding carboxylic acids is 1. The number of nitro benzene ring substituents is 1. The highest BCUT2D eigenvalue weighted by Gasteiger charge is 2.28. The highest BCUT2D eigenvalue weighted by molar-refractivity contribution is 5.98. The number of aliphatic hydroxyl groups is 1. The Hall–Kier alpha value is -2.74. The van der Waals surface area contributed by atoms with Gasteiger partial charge in [0, 0.05) is 0 Å². The summed E-state index contributed by atoms with van der Waals surface area (Å²) in [6.07, 6.45) is 1.37. The number of nitrogens with one attached hydrogen (secondary N) is 1. The van der Waals surface area contributed by atoms with E-state index in [4.69, 9.17) is 4.42 Å². The van der Waals surface area contributed by atoms with E-state index in [1.807, 2.05) is 0 Å². The van der Waals surface area contributed by atoms with Crippen molar-refractivity contribution in [3.8, 4) is 0 Å². The van der Waals surface area contributed by atoms with Gasteiger partial charge in [-0.1, -0.05) is 0 Å². The average Bonchev–Trinajstić information content (AvgIpc) is 2.99. The minimum Gasteiger partial charge on any atom is -0.466 e. The minimum absolute atomic E-state index is 0.228. The van der Waals surface area contributed by atoms with Crippen molar-refractivity contribution in [1.82, 2.24) is 5.32 Å².